The van der Waals surface area contributed by atoms with Crippen molar-refractivity contribution in [3.05, 3.63) is 249 Å². The molecule has 0 saturated carbocycles. The molecule has 7 heteroatoms. The zero-order chi connectivity index (χ0) is 44.4. The van der Waals surface area contributed by atoms with Gasteiger partial charge in [0.1, 0.15) is 0 Å². The maximum Gasteiger partial charge on any atom is 4.00 e. The van der Waals surface area contributed by atoms with E-state index in [0.29, 0.717) is 0 Å². The number of aromatic nitrogens is 2. The standard InChI is InChI=1S/C26H21N2.C23H19N2.C10H8N2.Pt/c1-27-19-28(26-13-6-5-12-25(26)27)24-11-7-10-23(18-24)22-16-14-21(15-17-22)20-8-3-2-4-9-20;1-2-22-16-24-17-25(22)23-10-6-9-21(15-23)20-13-11-19(12-14-20)18-7-4-3-5-8-18;1-8-7-10(12-11-8)9-5-3-2-4-6-9;/h2-10,12-18H,19H2,1H3;2-9,11-16,24H,1,17H2;2-5,7H,1H3;/q2*-1;-2;+4. The van der Waals surface area contributed by atoms with Gasteiger partial charge in [-0.05, 0) is 58.5 Å². The number of para-hydroxylation sites is 2. The smallest absolute Gasteiger partial charge is 0.619 e. The summed E-state index contributed by atoms with van der Waals surface area (Å²) in [7, 11) is 2.13. The average Bonchev–Trinajstić information content (AvgIpc) is 4.14. The Bertz CT molecular complexity index is 3000. The van der Waals surface area contributed by atoms with Crippen molar-refractivity contribution in [2.24, 2.45) is 0 Å². The van der Waals surface area contributed by atoms with Gasteiger partial charge in [0.2, 0.25) is 0 Å². The van der Waals surface area contributed by atoms with Gasteiger partial charge in [-0.15, -0.1) is 53.6 Å². The van der Waals surface area contributed by atoms with Crippen molar-refractivity contribution in [2.75, 3.05) is 35.1 Å². The van der Waals surface area contributed by atoms with Crippen LogP contribution in [-0.4, -0.2) is 25.5 Å². The van der Waals surface area contributed by atoms with E-state index in [0.717, 1.165) is 47.4 Å². The van der Waals surface area contributed by atoms with Crippen LogP contribution in [0.5, 0.6) is 0 Å². The number of anilines is 4. The fraction of sp³-hybridized carbons (Fsp3) is 0.0678. The second-order valence-electron chi connectivity index (χ2n) is 15.8. The van der Waals surface area contributed by atoms with E-state index < -0.39 is 0 Å². The summed E-state index contributed by atoms with van der Waals surface area (Å²) in [6.07, 6.45) is 3.83. The number of rotatable bonds is 8. The SMILES string of the molecule is C=CC1=CNCN1c1[c-]ccc(-c2ccc(-c3ccccc3)cc2)c1.CN1CN(c2[c-]ccc(-c3ccc(-c4ccccc4)cc3)c2)c2ccccc21.Cc1cc(-c2[c-]cccc2)[n-]n1.[Pt+4]. The average molecular weight is 1040 g/mol. The molecule has 0 radical (unpaired) electrons. The topological polar surface area (TPSA) is 48.7 Å². The van der Waals surface area contributed by atoms with E-state index in [1.807, 2.05) is 73.8 Å². The Morgan fingerprint density at radius 3 is 1.56 bits per heavy atom. The van der Waals surface area contributed by atoms with Gasteiger partial charge in [-0.3, -0.25) is 0 Å². The Morgan fingerprint density at radius 1 is 0.545 bits per heavy atom. The minimum atomic E-state index is 0. The Balaban J connectivity index is 0.000000143. The van der Waals surface area contributed by atoms with Gasteiger partial charge in [0.05, 0.1) is 30.4 Å². The summed E-state index contributed by atoms with van der Waals surface area (Å²) in [5.41, 5.74) is 18.3. The molecule has 0 unspecified atom stereocenters. The molecule has 2 aliphatic rings. The molecule has 0 saturated heterocycles. The quantitative estimate of drug-likeness (QED) is 0.153. The Morgan fingerprint density at radius 2 is 1.05 bits per heavy atom. The molecule has 0 bridgehead atoms. The van der Waals surface area contributed by atoms with Crippen molar-refractivity contribution < 1.29 is 21.1 Å². The monoisotopic (exact) mass is 1040 g/mol. The molecule has 8 aromatic carbocycles. The molecule has 6 nitrogen and oxygen atoms in total. The van der Waals surface area contributed by atoms with Crippen molar-refractivity contribution in [3.63, 3.8) is 0 Å². The number of nitrogens with one attached hydrogen (secondary N) is 1. The molecule has 0 atom stereocenters. The molecule has 9 aromatic rings. The fourth-order valence-electron chi connectivity index (χ4n) is 8.01. The van der Waals surface area contributed by atoms with E-state index in [2.05, 4.69) is 208 Å². The molecule has 2 aliphatic heterocycles. The summed E-state index contributed by atoms with van der Waals surface area (Å²) >= 11 is 0. The molecule has 1 N–H and O–H groups in total. The second kappa shape index (κ2) is 21.3. The van der Waals surface area contributed by atoms with Crippen LogP contribution in [0.25, 0.3) is 55.8 Å². The normalized spacial score (nSPS) is 12.3. The van der Waals surface area contributed by atoms with E-state index in [4.69, 9.17) is 0 Å². The Kier molecular flexibility index (Phi) is 14.5. The van der Waals surface area contributed by atoms with Crippen LogP contribution in [0.15, 0.2) is 225 Å². The summed E-state index contributed by atoms with van der Waals surface area (Å²) in [6.45, 7) is 7.39. The van der Waals surface area contributed by atoms with Gasteiger partial charge in [-0.1, -0.05) is 145 Å². The van der Waals surface area contributed by atoms with Crippen LogP contribution in [0.1, 0.15) is 5.69 Å². The molecule has 0 fully saturated rings. The number of hydrogen-bond donors (Lipinski definition) is 1. The van der Waals surface area contributed by atoms with Crippen molar-refractivity contribution in [1.82, 2.24) is 15.5 Å². The van der Waals surface area contributed by atoms with Gasteiger partial charge in [0.15, 0.2) is 0 Å². The molecule has 0 amide bonds. The maximum atomic E-state index is 4.00. The number of allylic oxidation sites excluding steroid dienone is 1. The third-order valence-electron chi connectivity index (χ3n) is 11.4. The van der Waals surface area contributed by atoms with Crippen molar-refractivity contribution in [1.29, 1.82) is 0 Å². The molecule has 3 heterocycles. The number of aryl methyl sites for hydroxylation is 1. The van der Waals surface area contributed by atoms with Crippen LogP contribution >= 0.6 is 0 Å². The molecular weight excluding hydrogens is 988 g/mol. The Labute approximate surface area is 403 Å². The van der Waals surface area contributed by atoms with Crippen LogP contribution in [0.3, 0.4) is 0 Å². The number of hydrogen-bond acceptors (Lipinski definition) is 5. The minimum Gasteiger partial charge on any atom is -0.619 e. The second-order valence-corrected chi connectivity index (χ2v) is 15.8. The summed E-state index contributed by atoms with van der Waals surface area (Å²) in [4.78, 5) is 6.75. The van der Waals surface area contributed by atoms with Gasteiger partial charge in [-0.2, -0.15) is 42.0 Å². The van der Waals surface area contributed by atoms with Crippen LogP contribution in [-0.2, 0) is 21.1 Å². The van der Waals surface area contributed by atoms with Gasteiger partial charge >= 0.3 is 21.1 Å². The largest absolute Gasteiger partial charge is 4.00 e. The first-order valence-corrected chi connectivity index (χ1v) is 21.7. The van der Waals surface area contributed by atoms with Crippen molar-refractivity contribution in [2.45, 2.75) is 6.92 Å². The van der Waals surface area contributed by atoms with Crippen LogP contribution in [0.2, 0.25) is 0 Å². The fourth-order valence-corrected chi connectivity index (χ4v) is 8.01. The summed E-state index contributed by atoms with van der Waals surface area (Å²) in [5, 5.41) is 11.2. The zero-order valence-electron chi connectivity index (χ0n) is 36.9. The van der Waals surface area contributed by atoms with Gasteiger partial charge in [0, 0.05) is 18.9 Å². The third-order valence-corrected chi connectivity index (χ3v) is 11.4. The first-order valence-electron chi connectivity index (χ1n) is 21.7. The van der Waals surface area contributed by atoms with Gasteiger partial charge < -0.3 is 30.2 Å². The molecule has 66 heavy (non-hydrogen) atoms. The first kappa shape index (κ1) is 44.9. The molecular formula is C59H48N6Pt. The molecule has 1 aromatic heterocycles. The van der Waals surface area contributed by atoms with Crippen LogP contribution in [0, 0.1) is 25.1 Å². The molecule has 11 rings (SSSR count). The minimum absolute atomic E-state index is 0. The Hall–Kier alpha value is -7.66. The number of fused-ring (bicyclic) bond motifs is 1. The predicted molar refractivity (Wildman–Crippen MR) is 269 cm³/mol. The summed E-state index contributed by atoms with van der Waals surface area (Å²) in [6, 6.07) is 79.1. The van der Waals surface area contributed by atoms with Gasteiger partial charge in [-0.25, -0.2) is 5.69 Å². The van der Waals surface area contributed by atoms with Gasteiger partial charge in [0.25, 0.3) is 0 Å². The summed E-state index contributed by atoms with van der Waals surface area (Å²) in [5.74, 6) is 0. The van der Waals surface area contributed by atoms with Crippen molar-refractivity contribution in [3.8, 4) is 55.8 Å². The molecule has 0 spiro atoms. The van der Waals surface area contributed by atoms with E-state index in [1.165, 1.54) is 55.9 Å². The number of benzene rings is 8. The molecule has 0 aliphatic carbocycles. The molecule has 324 valence electrons. The zero-order valence-corrected chi connectivity index (χ0v) is 39.2. The van der Waals surface area contributed by atoms with E-state index in [-0.39, 0.29) is 21.1 Å². The first-order chi connectivity index (χ1) is 32.0. The van der Waals surface area contributed by atoms with E-state index >= 15 is 0 Å². The van der Waals surface area contributed by atoms with E-state index in [9.17, 15) is 0 Å². The predicted octanol–water partition coefficient (Wildman–Crippen LogP) is 13.4. The maximum absolute atomic E-state index is 4.00. The van der Waals surface area contributed by atoms with Crippen LogP contribution < -0.4 is 25.1 Å². The van der Waals surface area contributed by atoms with Crippen molar-refractivity contribution >= 4 is 22.7 Å². The van der Waals surface area contributed by atoms with Crippen LogP contribution in [0.4, 0.5) is 22.7 Å². The third kappa shape index (κ3) is 10.5. The number of nitrogens with zero attached hydrogens (tertiary/aromatic N) is 5. The van der Waals surface area contributed by atoms with E-state index in [1.54, 1.807) is 0 Å². The summed E-state index contributed by atoms with van der Waals surface area (Å²) < 4.78 is 0.